The van der Waals surface area contributed by atoms with Crippen LogP contribution in [0.5, 0.6) is 5.75 Å². The summed E-state index contributed by atoms with van der Waals surface area (Å²) < 4.78 is 15.2. The van der Waals surface area contributed by atoms with Crippen molar-refractivity contribution in [2.24, 2.45) is 0 Å². The van der Waals surface area contributed by atoms with Gasteiger partial charge in [0.15, 0.2) is 14.4 Å². The summed E-state index contributed by atoms with van der Waals surface area (Å²) in [4.78, 5) is 4.48. The second kappa shape index (κ2) is 8.26. The van der Waals surface area contributed by atoms with Crippen molar-refractivity contribution >= 4 is 29.8 Å². The first-order valence-corrected chi connectivity index (χ1v) is 13.1. The molecule has 0 aliphatic rings. The van der Waals surface area contributed by atoms with Crippen LogP contribution in [0, 0.1) is 11.3 Å². The lowest BCUT2D eigenvalue weighted by molar-refractivity contribution is 0.119. The monoisotopic (exact) mass is 472 g/mol. The molecular formula is C21H25BrN4O2Si. The van der Waals surface area contributed by atoms with E-state index in [1.54, 1.807) is 10.7 Å². The minimum absolute atomic E-state index is 0.0893. The Kier molecular flexibility index (Phi) is 6.12. The van der Waals surface area contributed by atoms with Crippen molar-refractivity contribution in [1.82, 2.24) is 14.6 Å². The summed E-state index contributed by atoms with van der Waals surface area (Å²) in [6, 6.07) is 11.6. The van der Waals surface area contributed by atoms with Crippen LogP contribution in [0.3, 0.4) is 0 Å². The maximum atomic E-state index is 9.48. The fourth-order valence-corrected chi connectivity index (χ4v) is 4.02. The molecule has 0 fully saturated rings. The lowest BCUT2D eigenvalue weighted by Crippen LogP contribution is -2.42. The molecule has 3 aromatic heterocycles. The molecule has 0 aromatic carbocycles. The summed E-state index contributed by atoms with van der Waals surface area (Å²) in [6.45, 7) is 11.4. The summed E-state index contributed by atoms with van der Waals surface area (Å²) >= 11 is 3.47. The SMILES string of the molecule is CC(C)(C)[Si](C)(C)OCC(Oc1ccc(Br)n2ncc(C#N)c12)c1ccccn1. The first-order chi connectivity index (χ1) is 13.6. The van der Waals surface area contributed by atoms with Crippen LogP contribution in [0.1, 0.15) is 38.1 Å². The van der Waals surface area contributed by atoms with Gasteiger partial charge in [0, 0.05) is 6.20 Å². The summed E-state index contributed by atoms with van der Waals surface area (Å²) in [5.41, 5.74) is 1.85. The van der Waals surface area contributed by atoms with Gasteiger partial charge in [-0.1, -0.05) is 26.8 Å². The van der Waals surface area contributed by atoms with Gasteiger partial charge >= 0.3 is 0 Å². The fourth-order valence-electron chi connectivity index (χ4n) is 2.62. The molecule has 0 spiro atoms. The fraction of sp³-hybridized carbons (Fsp3) is 0.381. The van der Waals surface area contributed by atoms with Crippen LogP contribution in [0.2, 0.25) is 18.1 Å². The zero-order valence-electron chi connectivity index (χ0n) is 17.3. The molecule has 1 atom stereocenters. The van der Waals surface area contributed by atoms with Crippen molar-refractivity contribution in [3.63, 3.8) is 0 Å². The van der Waals surface area contributed by atoms with E-state index in [1.807, 2.05) is 30.3 Å². The van der Waals surface area contributed by atoms with Crippen molar-refractivity contribution in [2.75, 3.05) is 6.61 Å². The first kappa shape index (κ1) is 21.5. The molecule has 152 valence electrons. The Balaban J connectivity index is 1.97. The Morgan fingerprint density at radius 2 is 2.00 bits per heavy atom. The third-order valence-electron chi connectivity index (χ3n) is 5.39. The maximum absolute atomic E-state index is 9.48. The van der Waals surface area contributed by atoms with Crippen molar-refractivity contribution in [3.8, 4) is 11.8 Å². The Labute approximate surface area is 180 Å². The molecule has 0 amide bonds. The zero-order chi connectivity index (χ0) is 21.2. The van der Waals surface area contributed by atoms with Gasteiger partial charge < -0.3 is 9.16 Å². The average molecular weight is 473 g/mol. The molecule has 0 bridgehead atoms. The Bertz CT molecular complexity index is 1040. The van der Waals surface area contributed by atoms with E-state index < -0.39 is 14.4 Å². The van der Waals surface area contributed by atoms with Crippen LogP contribution in [-0.2, 0) is 4.43 Å². The molecule has 0 aliphatic heterocycles. The smallest absolute Gasteiger partial charge is 0.192 e. The predicted molar refractivity (Wildman–Crippen MR) is 118 cm³/mol. The predicted octanol–water partition coefficient (Wildman–Crippen LogP) is 5.51. The van der Waals surface area contributed by atoms with Gasteiger partial charge in [0.1, 0.15) is 27.5 Å². The van der Waals surface area contributed by atoms with E-state index in [0.29, 0.717) is 23.4 Å². The normalized spacial score (nSPS) is 13.3. The van der Waals surface area contributed by atoms with Crippen LogP contribution in [0.15, 0.2) is 47.3 Å². The third-order valence-corrected chi connectivity index (χ3v) is 10.5. The number of pyridine rings is 2. The number of ether oxygens (including phenoxy) is 1. The van der Waals surface area contributed by atoms with Crippen LogP contribution in [0.25, 0.3) is 5.52 Å². The van der Waals surface area contributed by atoms with Crippen LogP contribution in [0.4, 0.5) is 0 Å². The van der Waals surface area contributed by atoms with Crippen LogP contribution >= 0.6 is 15.9 Å². The van der Waals surface area contributed by atoms with E-state index in [9.17, 15) is 5.26 Å². The maximum Gasteiger partial charge on any atom is 0.192 e. The number of nitriles is 1. The Hall–Kier alpha value is -2.21. The van der Waals surface area contributed by atoms with Crippen LogP contribution in [-0.4, -0.2) is 29.5 Å². The highest BCUT2D eigenvalue weighted by Gasteiger charge is 2.38. The minimum Gasteiger partial charge on any atom is -0.479 e. The highest BCUT2D eigenvalue weighted by atomic mass is 79.9. The van der Waals surface area contributed by atoms with Crippen LogP contribution < -0.4 is 4.74 Å². The molecule has 0 aliphatic carbocycles. The van der Waals surface area contributed by atoms with Crippen molar-refractivity contribution in [1.29, 1.82) is 5.26 Å². The Morgan fingerprint density at radius 3 is 2.62 bits per heavy atom. The van der Waals surface area contributed by atoms with Gasteiger partial charge in [0.25, 0.3) is 0 Å². The number of hydrogen-bond acceptors (Lipinski definition) is 5. The highest BCUT2D eigenvalue weighted by molar-refractivity contribution is 9.10. The molecule has 3 rings (SSSR count). The molecule has 3 heterocycles. The lowest BCUT2D eigenvalue weighted by atomic mass is 10.2. The average Bonchev–Trinajstić information content (AvgIpc) is 3.12. The van der Waals surface area contributed by atoms with E-state index in [-0.39, 0.29) is 5.04 Å². The quantitative estimate of drug-likeness (QED) is 0.349. The molecule has 1 unspecified atom stereocenters. The summed E-state index contributed by atoms with van der Waals surface area (Å²) in [6.07, 6.45) is 2.88. The van der Waals surface area contributed by atoms with Gasteiger partial charge in [0.2, 0.25) is 0 Å². The number of rotatable bonds is 6. The highest BCUT2D eigenvalue weighted by Crippen LogP contribution is 2.38. The topological polar surface area (TPSA) is 72.4 Å². The molecule has 0 radical (unpaired) electrons. The standard InChI is InChI=1S/C21H25BrN4O2Si/c1-21(2,3)29(4,5)27-14-18(16-8-6-7-11-24-16)28-17-9-10-19(22)26-20(17)15(12-23)13-25-26/h6-11,13,18H,14H2,1-5H3. The molecular weight excluding hydrogens is 448 g/mol. The van der Waals surface area contributed by atoms with Gasteiger partial charge in [-0.25, -0.2) is 4.52 Å². The van der Waals surface area contributed by atoms with Gasteiger partial charge in [-0.2, -0.15) is 10.4 Å². The van der Waals surface area contributed by atoms with E-state index in [0.717, 1.165) is 10.3 Å². The summed E-state index contributed by atoms with van der Waals surface area (Å²) in [7, 11) is -1.97. The molecule has 6 nitrogen and oxygen atoms in total. The van der Waals surface area contributed by atoms with Gasteiger partial charge in [-0.05, 0) is 58.3 Å². The van der Waals surface area contributed by atoms with Crippen molar-refractivity contribution < 1.29 is 9.16 Å². The molecule has 0 saturated carbocycles. The van der Waals surface area contributed by atoms with Gasteiger partial charge in [-0.3, -0.25) is 4.98 Å². The molecule has 3 aromatic rings. The lowest BCUT2D eigenvalue weighted by Gasteiger charge is -2.37. The first-order valence-electron chi connectivity index (χ1n) is 9.42. The number of nitrogens with zero attached hydrogens (tertiary/aromatic N) is 4. The number of halogens is 1. The largest absolute Gasteiger partial charge is 0.479 e. The van der Waals surface area contributed by atoms with E-state index in [1.165, 1.54) is 6.20 Å². The van der Waals surface area contributed by atoms with E-state index >= 15 is 0 Å². The van der Waals surface area contributed by atoms with E-state index in [4.69, 9.17) is 9.16 Å². The van der Waals surface area contributed by atoms with Gasteiger partial charge in [-0.15, -0.1) is 0 Å². The second-order valence-electron chi connectivity index (χ2n) is 8.38. The summed E-state index contributed by atoms with van der Waals surface area (Å²) in [5.74, 6) is 0.566. The van der Waals surface area contributed by atoms with Crippen molar-refractivity contribution in [3.05, 3.63) is 58.6 Å². The second-order valence-corrected chi connectivity index (χ2v) is 14.0. The number of hydrogen-bond donors (Lipinski definition) is 0. The number of aromatic nitrogens is 3. The van der Waals surface area contributed by atoms with E-state index in [2.05, 4.69) is 65.9 Å². The van der Waals surface area contributed by atoms with Crippen molar-refractivity contribution in [2.45, 2.75) is 45.0 Å². The van der Waals surface area contributed by atoms with Gasteiger partial charge in [0.05, 0.1) is 18.5 Å². The zero-order valence-corrected chi connectivity index (χ0v) is 19.9. The summed E-state index contributed by atoms with van der Waals surface area (Å²) in [5, 5.41) is 13.8. The molecule has 8 heteroatoms. The third kappa shape index (κ3) is 4.52. The molecule has 29 heavy (non-hydrogen) atoms. The molecule has 0 N–H and O–H groups in total. The minimum atomic E-state index is -1.97. The molecule has 0 saturated heterocycles. The Morgan fingerprint density at radius 1 is 1.24 bits per heavy atom. The number of fused-ring (bicyclic) bond motifs is 1.